The molecule has 0 N–H and O–H groups in total. The molecule has 9 aromatic carbocycles. The number of fused-ring (bicyclic) bond motifs is 12. The third-order valence-electron chi connectivity index (χ3n) is 12.5. The zero-order valence-electron chi connectivity index (χ0n) is 35.9. The van der Waals surface area contributed by atoms with Gasteiger partial charge in [-0.25, -0.2) is 15.0 Å². The number of hydrogen-bond acceptors (Lipinski definition) is 7. The molecule has 0 amide bonds. The van der Waals surface area contributed by atoms with E-state index in [1.807, 2.05) is 86.6 Å². The zero-order valence-corrected chi connectivity index (χ0v) is 35.9. The predicted octanol–water partition coefficient (Wildman–Crippen LogP) is 16.8. The average Bonchev–Trinajstić information content (AvgIpc) is 4.15. The summed E-state index contributed by atoms with van der Waals surface area (Å²) in [6.45, 7) is 4.00. The monoisotopic (exact) mass is 851 g/mol. The van der Waals surface area contributed by atoms with E-state index in [1.165, 1.54) is 0 Å². The Labute approximate surface area is 377 Å². The van der Waals surface area contributed by atoms with Gasteiger partial charge in [0.25, 0.3) is 0 Å². The molecule has 0 aliphatic carbocycles. The van der Waals surface area contributed by atoms with Crippen molar-refractivity contribution < 1.29 is 17.7 Å². The van der Waals surface area contributed by atoms with E-state index in [4.69, 9.17) is 32.6 Å². The molecule has 5 heterocycles. The van der Waals surface area contributed by atoms with Crippen LogP contribution in [0, 0.1) is 0 Å². The van der Waals surface area contributed by atoms with Crippen molar-refractivity contribution in [3.63, 3.8) is 0 Å². The van der Waals surface area contributed by atoms with Gasteiger partial charge < -0.3 is 17.7 Å². The molecule has 0 unspecified atom stereocenters. The number of para-hydroxylation sites is 3. The maximum Gasteiger partial charge on any atom is 0.164 e. The van der Waals surface area contributed by atoms with Gasteiger partial charge in [0.05, 0.1) is 0 Å². The van der Waals surface area contributed by atoms with Crippen LogP contribution in [0.3, 0.4) is 0 Å². The van der Waals surface area contributed by atoms with E-state index in [0.29, 0.717) is 17.5 Å². The molecular weight excluding hydrogens is 815 g/mol. The normalized spacial score (nSPS) is 11.8. The number of furan rings is 4. The molecule has 7 heteroatoms. The highest BCUT2D eigenvalue weighted by Crippen LogP contribution is 2.40. The summed E-state index contributed by atoms with van der Waals surface area (Å²) >= 11 is 0. The summed E-state index contributed by atoms with van der Waals surface area (Å²) in [7, 11) is 0. The van der Waals surface area contributed by atoms with E-state index in [2.05, 4.69) is 115 Å². The summed E-state index contributed by atoms with van der Waals surface area (Å²) in [5.41, 5.74) is 13.3. The van der Waals surface area contributed by atoms with Crippen molar-refractivity contribution in [3.8, 4) is 56.4 Å². The lowest BCUT2D eigenvalue weighted by molar-refractivity contribution is 0.656. The maximum absolute atomic E-state index is 6.46. The van der Waals surface area contributed by atoms with Crippen LogP contribution < -0.4 is 0 Å². The quantitative estimate of drug-likeness (QED) is 0.170. The highest BCUT2D eigenvalue weighted by atomic mass is 16.3. The fourth-order valence-electron chi connectivity index (χ4n) is 9.38. The molecule has 0 atom stereocenters. The zero-order chi connectivity index (χ0) is 43.9. The van der Waals surface area contributed by atoms with Crippen LogP contribution in [0.4, 0.5) is 0 Å². The van der Waals surface area contributed by atoms with Crippen molar-refractivity contribution in [2.45, 2.75) is 13.8 Å². The minimum atomic E-state index is 0.544. The maximum atomic E-state index is 6.46. The van der Waals surface area contributed by atoms with Gasteiger partial charge in [-0.2, -0.15) is 0 Å². The van der Waals surface area contributed by atoms with Crippen molar-refractivity contribution in [1.29, 1.82) is 0 Å². The lowest BCUT2D eigenvalue weighted by atomic mass is 9.97. The Morgan fingerprint density at radius 2 is 0.530 bits per heavy atom. The first-order valence-corrected chi connectivity index (χ1v) is 22.2. The molecule has 0 aliphatic heterocycles. The summed E-state index contributed by atoms with van der Waals surface area (Å²) in [5.74, 6) is 1.65. The predicted molar refractivity (Wildman–Crippen MR) is 267 cm³/mol. The van der Waals surface area contributed by atoms with E-state index in [-0.39, 0.29) is 0 Å². The van der Waals surface area contributed by atoms with Crippen LogP contribution in [-0.2, 0) is 0 Å². The van der Waals surface area contributed by atoms with Gasteiger partial charge in [0, 0.05) is 65.8 Å². The van der Waals surface area contributed by atoms with Gasteiger partial charge in [0.2, 0.25) is 0 Å². The van der Waals surface area contributed by atoms with Gasteiger partial charge in [-0.05, 0) is 95.1 Å². The first-order chi connectivity index (χ1) is 32.6. The topological polar surface area (TPSA) is 91.2 Å². The summed E-state index contributed by atoms with van der Waals surface area (Å²) in [5, 5.41) is 8.55. The second-order valence-corrected chi connectivity index (χ2v) is 16.3. The number of nitrogens with zero attached hydrogens (tertiary/aromatic N) is 3. The van der Waals surface area contributed by atoms with Crippen molar-refractivity contribution in [1.82, 2.24) is 15.0 Å². The van der Waals surface area contributed by atoms with Crippen LogP contribution >= 0.6 is 0 Å². The number of benzene rings is 9. The molecule has 14 aromatic rings. The van der Waals surface area contributed by atoms with E-state index >= 15 is 0 Å². The molecule has 7 nitrogen and oxygen atoms in total. The Bertz CT molecular complexity index is 4090. The van der Waals surface area contributed by atoms with Crippen LogP contribution in [0.2, 0.25) is 0 Å². The molecule has 0 aliphatic rings. The molecule has 5 aromatic heterocycles. The Kier molecular flexibility index (Phi) is 8.51. The number of hydrogen-bond donors (Lipinski definition) is 0. The smallest absolute Gasteiger partial charge is 0.164 e. The van der Waals surface area contributed by atoms with Crippen molar-refractivity contribution >= 4 is 87.8 Å². The Balaban J connectivity index is 0.00000215. The molecule has 14 rings (SSSR count). The second kappa shape index (κ2) is 14.9. The summed E-state index contributed by atoms with van der Waals surface area (Å²) in [4.78, 5) is 15.3. The first kappa shape index (κ1) is 37.7. The molecule has 0 bridgehead atoms. The van der Waals surface area contributed by atoms with Gasteiger partial charge in [-0.15, -0.1) is 0 Å². The molecule has 0 saturated heterocycles. The van der Waals surface area contributed by atoms with E-state index in [9.17, 15) is 0 Å². The van der Waals surface area contributed by atoms with Crippen LogP contribution in [0.1, 0.15) is 13.8 Å². The summed E-state index contributed by atoms with van der Waals surface area (Å²) in [6, 6.07) is 64.2. The summed E-state index contributed by atoms with van der Waals surface area (Å²) in [6.07, 6.45) is 0. The SMILES string of the molecule is CC.c1cc(-c2cccc(-c3nc(-c4ccc5c(c4)oc4ccccc45)nc(-c4ccc5c(c4)oc4ccccc45)n3)c2)cc(-c2ccc3c(c2)oc2cc4oc5ccccc5c4cc23)c1. The Hall–Kier alpha value is -8.81. The molecular formula is C59H37N3O4. The third-order valence-corrected chi connectivity index (χ3v) is 12.5. The van der Waals surface area contributed by atoms with Crippen LogP contribution in [-0.4, -0.2) is 15.0 Å². The second-order valence-electron chi connectivity index (χ2n) is 16.3. The number of rotatable bonds is 5. The minimum absolute atomic E-state index is 0.544. The molecule has 312 valence electrons. The van der Waals surface area contributed by atoms with Crippen molar-refractivity contribution in [3.05, 3.63) is 188 Å². The van der Waals surface area contributed by atoms with Gasteiger partial charge in [0.1, 0.15) is 44.7 Å². The van der Waals surface area contributed by atoms with Crippen molar-refractivity contribution in [2.24, 2.45) is 0 Å². The average molecular weight is 852 g/mol. The van der Waals surface area contributed by atoms with E-state index < -0.39 is 0 Å². The first-order valence-electron chi connectivity index (χ1n) is 22.2. The standard InChI is InChI=1S/C57H31N3O4.C2H6/c1-4-16-47-39(13-1)42-23-20-37(28-51(42)61-47)56-58-55(59-57(60-56)38-21-24-43-40-14-2-5-17-48(40)62-52(43)29-38)36-12-8-11-34(26-36)32-9-7-10-33(25-32)35-19-22-44-46-30-45-41-15-3-6-18-49(41)63-53(45)31-54(46)64-50(44)27-35;1-2/h1-31H;1-2H3. The highest BCUT2D eigenvalue weighted by Gasteiger charge is 2.18. The van der Waals surface area contributed by atoms with E-state index in [1.54, 1.807) is 0 Å². The third kappa shape index (κ3) is 6.09. The van der Waals surface area contributed by atoms with Gasteiger partial charge in [-0.1, -0.05) is 123 Å². The molecule has 0 spiro atoms. The van der Waals surface area contributed by atoms with Crippen molar-refractivity contribution in [2.75, 3.05) is 0 Å². The van der Waals surface area contributed by atoms with Gasteiger partial charge in [-0.3, -0.25) is 0 Å². The summed E-state index contributed by atoms with van der Waals surface area (Å²) < 4.78 is 25.2. The fraction of sp³-hybridized carbons (Fsp3) is 0.0339. The number of aromatic nitrogens is 3. The highest BCUT2D eigenvalue weighted by molar-refractivity contribution is 6.15. The lowest BCUT2D eigenvalue weighted by Crippen LogP contribution is -2.00. The Morgan fingerprint density at radius 1 is 0.227 bits per heavy atom. The molecule has 66 heavy (non-hydrogen) atoms. The Morgan fingerprint density at radius 3 is 1.02 bits per heavy atom. The fourth-order valence-corrected chi connectivity index (χ4v) is 9.38. The largest absolute Gasteiger partial charge is 0.456 e. The van der Waals surface area contributed by atoms with Gasteiger partial charge in [0.15, 0.2) is 17.5 Å². The molecule has 0 saturated carbocycles. The molecule has 0 radical (unpaired) electrons. The van der Waals surface area contributed by atoms with Crippen LogP contribution in [0.25, 0.3) is 144 Å². The van der Waals surface area contributed by atoms with Gasteiger partial charge >= 0.3 is 0 Å². The van der Waals surface area contributed by atoms with Crippen LogP contribution in [0.15, 0.2) is 206 Å². The minimum Gasteiger partial charge on any atom is -0.456 e. The van der Waals surface area contributed by atoms with Crippen LogP contribution in [0.5, 0.6) is 0 Å². The lowest BCUT2D eigenvalue weighted by Gasteiger charge is -2.10. The van der Waals surface area contributed by atoms with E-state index in [0.717, 1.165) is 127 Å². The molecule has 0 fully saturated rings.